The number of hydrogen-bond donors (Lipinski definition) is 0. The van der Waals surface area contributed by atoms with E-state index in [1.165, 1.54) is 0 Å². The molecule has 0 spiro atoms. The van der Waals surface area contributed by atoms with E-state index in [-0.39, 0.29) is 17.6 Å². The van der Waals surface area contributed by atoms with Crippen LogP contribution < -0.4 is 4.90 Å². The minimum Gasteiger partial charge on any atom is -0.356 e. The van der Waals surface area contributed by atoms with E-state index in [1.807, 2.05) is 16.7 Å². The quantitative estimate of drug-likeness (QED) is 0.810. The summed E-state index contributed by atoms with van der Waals surface area (Å²) < 4.78 is 38.4. The van der Waals surface area contributed by atoms with Crippen LogP contribution in [0.2, 0.25) is 0 Å². The lowest BCUT2D eigenvalue weighted by atomic mass is 9.96. The average Bonchev–Trinajstić information content (AvgIpc) is 2.61. The fourth-order valence-corrected chi connectivity index (χ4v) is 4.01. The van der Waals surface area contributed by atoms with E-state index in [2.05, 4.69) is 9.97 Å². The summed E-state index contributed by atoms with van der Waals surface area (Å²) in [6.45, 7) is 2.53. The van der Waals surface area contributed by atoms with Gasteiger partial charge in [-0.1, -0.05) is 0 Å². The van der Waals surface area contributed by atoms with Gasteiger partial charge in [0.2, 0.25) is 5.91 Å². The SMILES string of the molecule is O=C(C1CCCN(c2cc(C(F)(F)F)ncn2)C1)N1CCSCC1. The van der Waals surface area contributed by atoms with Crippen molar-refractivity contribution < 1.29 is 18.0 Å². The van der Waals surface area contributed by atoms with E-state index in [0.717, 1.165) is 49.8 Å². The normalized spacial score (nSPS) is 22.5. The molecule has 0 bridgehead atoms. The first kappa shape index (κ1) is 17.3. The summed E-state index contributed by atoms with van der Waals surface area (Å²) >= 11 is 1.84. The number of hydrogen-bond acceptors (Lipinski definition) is 5. The first-order valence-corrected chi connectivity index (χ1v) is 9.11. The number of piperidine rings is 1. The van der Waals surface area contributed by atoms with E-state index < -0.39 is 11.9 Å². The molecule has 5 nitrogen and oxygen atoms in total. The summed E-state index contributed by atoms with van der Waals surface area (Å²) in [6.07, 6.45) is -2.01. The molecule has 2 aliphatic rings. The Labute approximate surface area is 142 Å². The zero-order chi connectivity index (χ0) is 17.2. The number of aromatic nitrogens is 2. The number of rotatable bonds is 2. The van der Waals surface area contributed by atoms with E-state index >= 15 is 0 Å². The van der Waals surface area contributed by atoms with E-state index in [1.54, 1.807) is 4.90 Å². The van der Waals surface area contributed by atoms with Crippen LogP contribution >= 0.6 is 11.8 Å². The van der Waals surface area contributed by atoms with Gasteiger partial charge in [0.25, 0.3) is 0 Å². The molecule has 2 saturated heterocycles. The van der Waals surface area contributed by atoms with E-state index in [0.29, 0.717) is 13.1 Å². The highest BCUT2D eigenvalue weighted by molar-refractivity contribution is 7.99. The van der Waals surface area contributed by atoms with Crippen LogP contribution in [0.3, 0.4) is 0 Å². The molecule has 132 valence electrons. The number of anilines is 1. The fourth-order valence-electron chi connectivity index (χ4n) is 3.10. The summed E-state index contributed by atoms with van der Waals surface area (Å²) in [5, 5.41) is 0. The van der Waals surface area contributed by atoms with Gasteiger partial charge in [-0.15, -0.1) is 0 Å². The highest BCUT2D eigenvalue weighted by Crippen LogP contribution is 2.30. The molecule has 9 heteroatoms. The summed E-state index contributed by atoms with van der Waals surface area (Å²) in [6, 6.07) is 0.963. The third-order valence-corrected chi connectivity index (χ3v) is 5.30. The summed E-state index contributed by atoms with van der Waals surface area (Å²) in [4.78, 5) is 23.5. The molecule has 0 aromatic carbocycles. The van der Waals surface area contributed by atoms with Crippen molar-refractivity contribution in [2.24, 2.45) is 5.92 Å². The van der Waals surface area contributed by atoms with Crippen LogP contribution in [-0.2, 0) is 11.0 Å². The smallest absolute Gasteiger partial charge is 0.356 e. The summed E-state index contributed by atoms with van der Waals surface area (Å²) in [5.74, 6) is 2.08. The topological polar surface area (TPSA) is 49.3 Å². The largest absolute Gasteiger partial charge is 0.433 e. The molecule has 3 rings (SSSR count). The predicted octanol–water partition coefficient (Wildman–Crippen LogP) is 2.29. The molecule has 3 heterocycles. The van der Waals surface area contributed by atoms with Crippen molar-refractivity contribution in [3.8, 4) is 0 Å². The van der Waals surface area contributed by atoms with E-state index in [4.69, 9.17) is 0 Å². The fraction of sp³-hybridized carbons (Fsp3) is 0.667. The van der Waals surface area contributed by atoms with Crippen LogP contribution in [0.15, 0.2) is 12.4 Å². The van der Waals surface area contributed by atoms with Gasteiger partial charge >= 0.3 is 6.18 Å². The van der Waals surface area contributed by atoms with E-state index in [9.17, 15) is 18.0 Å². The second-order valence-electron chi connectivity index (χ2n) is 5.98. The molecule has 0 aliphatic carbocycles. The number of amides is 1. The van der Waals surface area contributed by atoms with Crippen molar-refractivity contribution >= 4 is 23.5 Å². The monoisotopic (exact) mass is 360 g/mol. The molecular formula is C15H19F3N4OS. The van der Waals surface area contributed by atoms with Crippen LogP contribution in [0.1, 0.15) is 18.5 Å². The van der Waals surface area contributed by atoms with Gasteiger partial charge in [0.05, 0.1) is 5.92 Å². The number of carbonyl (C=O) groups is 1. The maximum Gasteiger partial charge on any atom is 0.433 e. The van der Waals surface area contributed by atoms with Gasteiger partial charge in [-0.2, -0.15) is 24.9 Å². The molecule has 0 N–H and O–H groups in total. The third kappa shape index (κ3) is 3.93. The molecule has 1 amide bonds. The van der Waals surface area contributed by atoms with Gasteiger partial charge in [-0.25, -0.2) is 9.97 Å². The van der Waals surface area contributed by atoms with Crippen molar-refractivity contribution in [2.45, 2.75) is 19.0 Å². The third-order valence-electron chi connectivity index (χ3n) is 4.36. The lowest BCUT2D eigenvalue weighted by molar-refractivity contribution is -0.141. The first-order chi connectivity index (χ1) is 11.4. The Morgan fingerprint density at radius 1 is 1.21 bits per heavy atom. The molecule has 1 aromatic heterocycles. The van der Waals surface area contributed by atoms with Gasteiger partial charge in [0.15, 0.2) is 0 Å². The average molecular weight is 360 g/mol. The van der Waals surface area contributed by atoms with Gasteiger partial charge in [-0.3, -0.25) is 4.79 Å². The van der Waals surface area contributed by atoms with Crippen molar-refractivity contribution in [3.63, 3.8) is 0 Å². The lowest BCUT2D eigenvalue weighted by Gasteiger charge is -2.36. The molecule has 0 saturated carbocycles. The molecule has 2 fully saturated rings. The Morgan fingerprint density at radius 3 is 2.67 bits per heavy atom. The highest BCUT2D eigenvalue weighted by atomic mass is 32.2. The Hall–Kier alpha value is -1.51. The second kappa shape index (κ2) is 7.16. The highest BCUT2D eigenvalue weighted by Gasteiger charge is 2.35. The molecule has 1 unspecified atom stereocenters. The van der Waals surface area contributed by atoms with Gasteiger partial charge in [0, 0.05) is 43.8 Å². The van der Waals surface area contributed by atoms with Crippen LogP contribution in [0, 0.1) is 5.92 Å². The Bertz CT molecular complexity index is 592. The number of carbonyl (C=O) groups excluding carboxylic acids is 1. The van der Waals surface area contributed by atoms with Crippen LogP contribution in [0.4, 0.5) is 19.0 Å². The minimum atomic E-state index is -4.49. The molecule has 2 aliphatic heterocycles. The van der Waals surface area contributed by atoms with Crippen molar-refractivity contribution in [3.05, 3.63) is 18.1 Å². The zero-order valence-electron chi connectivity index (χ0n) is 13.1. The predicted molar refractivity (Wildman–Crippen MR) is 85.9 cm³/mol. The lowest BCUT2D eigenvalue weighted by Crippen LogP contribution is -2.47. The second-order valence-corrected chi connectivity index (χ2v) is 7.21. The van der Waals surface area contributed by atoms with Crippen LogP contribution in [0.25, 0.3) is 0 Å². The molecule has 1 aromatic rings. The maximum atomic E-state index is 12.8. The van der Waals surface area contributed by atoms with Gasteiger partial charge in [-0.05, 0) is 12.8 Å². The number of halogens is 3. The minimum absolute atomic E-state index is 0.116. The van der Waals surface area contributed by atoms with Crippen molar-refractivity contribution in [1.82, 2.24) is 14.9 Å². The Kier molecular flexibility index (Phi) is 5.17. The number of thioether (sulfide) groups is 1. The Morgan fingerprint density at radius 2 is 1.96 bits per heavy atom. The first-order valence-electron chi connectivity index (χ1n) is 7.96. The molecule has 1 atom stereocenters. The van der Waals surface area contributed by atoms with Gasteiger partial charge in [0.1, 0.15) is 17.8 Å². The molecule has 24 heavy (non-hydrogen) atoms. The summed E-state index contributed by atoms with van der Waals surface area (Å²) in [7, 11) is 0. The van der Waals surface area contributed by atoms with Crippen LogP contribution in [0.5, 0.6) is 0 Å². The maximum absolute atomic E-state index is 12.8. The Balaban J connectivity index is 1.70. The zero-order valence-corrected chi connectivity index (χ0v) is 13.9. The summed E-state index contributed by atoms with van der Waals surface area (Å²) in [5.41, 5.74) is -0.950. The standard InChI is InChI=1S/C15H19F3N4OS/c16-15(17,18)12-8-13(20-10-19-12)22-3-1-2-11(9-22)14(23)21-4-6-24-7-5-21/h8,10-11H,1-7,9H2. The van der Waals surface area contributed by atoms with Gasteiger partial charge < -0.3 is 9.80 Å². The van der Waals surface area contributed by atoms with Crippen molar-refractivity contribution in [1.29, 1.82) is 0 Å². The number of alkyl halides is 3. The molecule has 0 radical (unpaired) electrons. The van der Waals surface area contributed by atoms with Crippen molar-refractivity contribution in [2.75, 3.05) is 42.6 Å². The molecular weight excluding hydrogens is 341 g/mol. The number of nitrogens with zero attached hydrogens (tertiary/aromatic N) is 4. The van der Waals surface area contributed by atoms with Crippen LogP contribution in [-0.4, -0.2) is 58.5 Å².